The van der Waals surface area contributed by atoms with Crippen molar-refractivity contribution < 1.29 is 14.6 Å². The van der Waals surface area contributed by atoms with Crippen molar-refractivity contribution >= 4 is 17.8 Å². The number of aromatic nitrogens is 2. The molecule has 7 heteroatoms. The van der Waals surface area contributed by atoms with Gasteiger partial charge in [0.15, 0.2) is 5.82 Å². The van der Waals surface area contributed by atoms with Gasteiger partial charge in [-0.15, -0.1) is 0 Å². The number of hydrogen-bond acceptors (Lipinski definition) is 6. The number of aliphatic carboxylic acids is 1. The third-order valence-electron chi connectivity index (χ3n) is 6.38. The predicted octanol–water partition coefficient (Wildman–Crippen LogP) is 4.73. The number of nitrogens with one attached hydrogen (secondary N) is 1. The van der Waals surface area contributed by atoms with Gasteiger partial charge in [-0.1, -0.05) is 25.1 Å². The highest BCUT2D eigenvalue weighted by Gasteiger charge is 2.32. The van der Waals surface area contributed by atoms with Gasteiger partial charge in [0.05, 0.1) is 12.0 Å². The zero-order chi connectivity index (χ0) is 24.2. The molecule has 0 saturated carbocycles. The molecule has 1 aliphatic carbocycles. The van der Waals surface area contributed by atoms with E-state index in [1.165, 1.54) is 17.3 Å². The molecule has 178 valence electrons. The first kappa shape index (κ1) is 23.8. The number of carbonyl (C=O) groups is 1. The maximum absolute atomic E-state index is 11.1. The molecular weight excluding hydrogens is 428 g/mol. The van der Waals surface area contributed by atoms with Gasteiger partial charge in [0.2, 0.25) is 0 Å². The van der Waals surface area contributed by atoms with Crippen LogP contribution in [-0.4, -0.2) is 51.4 Å². The number of rotatable bonds is 9. The second-order valence-corrected chi connectivity index (χ2v) is 9.18. The lowest BCUT2D eigenvalue weighted by atomic mass is 9.93. The van der Waals surface area contributed by atoms with E-state index < -0.39 is 5.97 Å². The Kier molecular flexibility index (Phi) is 7.22. The van der Waals surface area contributed by atoms with Gasteiger partial charge in [-0.05, 0) is 55.0 Å². The number of carboxylic acid groups (broad SMARTS) is 1. The molecule has 0 bridgehead atoms. The van der Waals surface area contributed by atoms with Crippen LogP contribution in [0.25, 0.3) is 16.7 Å². The lowest BCUT2D eigenvalue weighted by molar-refractivity contribution is -0.147. The predicted molar refractivity (Wildman–Crippen MR) is 132 cm³/mol. The lowest BCUT2D eigenvalue weighted by Gasteiger charge is -2.37. The van der Waals surface area contributed by atoms with E-state index in [2.05, 4.69) is 33.9 Å². The van der Waals surface area contributed by atoms with Gasteiger partial charge < -0.3 is 15.3 Å². The molecule has 1 saturated heterocycles. The topological polar surface area (TPSA) is 99.4 Å². The third-order valence-corrected chi connectivity index (χ3v) is 6.38. The molecule has 0 amide bonds. The molecule has 2 aromatic rings. The minimum absolute atomic E-state index is 0.0821. The van der Waals surface area contributed by atoms with Crippen LogP contribution < -0.4 is 0 Å². The summed E-state index contributed by atoms with van der Waals surface area (Å²) in [7, 11) is 0. The Morgan fingerprint density at radius 1 is 1.26 bits per heavy atom. The van der Waals surface area contributed by atoms with E-state index >= 15 is 0 Å². The zero-order valence-electron chi connectivity index (χ0n) is 20.0. The van der Waals surface area contributed by atoms with Crippen LogP contribution in [0.2, 0.25) is 0 Å². The quantitative estimate of drug-likeness (QED) is 0.525. The van der Waals surface area contributed by atoms with Crippen molar-refractivity contribution in [1.82, 2.24) is 14.9 Å². The zero-order valence-corrected chi connectivity index (χ0v) is 20.0. The molecule has 2 N–H and O–H groups in total. The van der Waals surface area contributed by atoms with Crippen molar-refractivity contribution in [3.63, 3.8) is 0 Å². The Morgan fingerprint density at radius 2 is 2.00 bits per heavy atom. The molecule has 1 aromatic heterocycles. The smallest absolute Gasteiger partial charge is 0.309 e. The largest absolute Gasteiger partial charge is 0.495 e. The molecule has 1 aliphatic heterocycles. The van der Waals surface area contributed by atoms with Gasteiger partial charge in [-0.3, -0.25) is 9.69 Å². The maximum atomic E-state index is 11.1. The Hall–Kier alpha value is -3.32. The van der Waals surface area contributed by atoms with Gasteiger partial charge >= 0.3 is 5.97 Å². The third kappa shape index (κ3) is 5.09. The van der Waals surface area contributed by atoms with Crippen LogP contribution in [-0.2, 0) is 22.5 Å². The number of ether oxygens (including phenoxy) is 1. The van der Waals surface area contributed by atoms with E-state index in [0.717, 1.165) is 53.8 Å². The summed E-state index contributed by atoms with van der Waals surface area (Å²) in [6, 6.07) is 6.27. The van der Waals surface area contributed by atoms with Crippen LogP contribution in [0.15, 0.2) is 48.0 Å². The molecule has 4 rings (SSSR count). The molecule has 1 fully saturated rings. The van der Waals surface area contributed by atoms with Gasteiger partial charge in [0, 0.05) is 55.8 Å². The Morgan fingerprint density at radius 3 is 2.62 bits per heavy atom. The summed E-state index contributed by atoms with van der Waals surface area (Å²) < 4.78 is 5.86. The summed E-state index contributed by atoms with van der Waals surface area (Å²) in [5, 5.41) is 16.9. The van der Waals surface area contributed by atoms with E-state index in [-0.39, 0.29) is 12.0 Å². The Labute approximate surface area is 200 Å². The highest BCUT2D eigenvalue weighted by Crippen LogP contribution is 2.32. The SMILES string of the molecule is CCc1c(CN2CC(C(=O)O)C2)cccc1-c1cnc(C2=CC(C=N)=C(OC(C)C)CC2)nc1. The highest BCUT2D eigenvalue weighted by atomic mass is 16.5. The van der Waals surface area contributed by atoms with E-state index in [0.29, 0.717) is 18.9 Å². The summed E-state index contributed by atoms with van der Waals surface area (Å²) in [5.41, 5.74) is 6.35. The number of allylic oxidation sites excluding steroid dienone is 4. The molecule has 0 atom stereocenters. The average Bonchev–Trinajstić information content (AvgIpc) is 2.80. The first-order chi connectivity index (χ1) is 16.4. The van der Waals surface area contributed by atoms with E-state index in [9.17, 15) is 4.79 Å². The van der Waals surface area contributed by atoms with Crippen molar-refractivity contribution in [3.05, 3.63) is 65.0 Å². The van der Waals surface area contributed by atoms with Crippen LogP contribution in [0.4, 0.5) is 0 Å². The molecule has 2 heterocycles. The number of likely N-dealkylation sites (tertiary alicyclic amines) is 1. The second kappa shape index (κ2) is 10.3. The van der Waals surface area contributed by atoms with Crippen molar-refractivity contribution in [1.29, 1.82) is 5.41 Å². The van der Waals surface area contributed by atoms with Gasteiger partial charge in [-0.25, -0.2) is 9.97 Å². The van der Waals surface area contributed by atoms with Gasteiger partial charge in [-0.2, -0.15) is 0 Å². The molecule has 1 aromatic carbocycles. The van der Waals surface area contributed by atoms with Crippen molar-refractivity contribution in [2.45, 2.75) is 52.7 Å². The first-order valence-corrected chi connectivity index (χ1v) is 11.9. The summed E-state index contributed by atoms with van der Waals surface area (Å²) in [6.07, 6.45) is 9.51. The van der Waals surface area contributed by atoms with Crippen LogP contribution >= 0.6 is 0 Å². The number of benzene rings is 1. The fraction of sp³-hybridized carbons (Fsp3) is 0.407. The van der Waals surface area contributed by atoms with Gasteiger partial charge in [0.1, 0.15) is 5.76 Å². The molecule has 2 aliphatic rings. The molecule has 0 spiro atoms. The monoisotopic (exact) mass is 460 g/mol. The Balaban J connectivity index is 1.54. The molecule has 0 radical (unpaired) electrons. The summed E-state index contributed by atoms with van der Waals surface area (Å²) in [6.45, 7) is 8.09. The fourth-order valence-electron chi connectivity index (χ4n) is 4.64. The van der Waals surface area contributed by atoms with Crippen molar-refractivity contribution in [2.24, 2.45) is 5.92 Å². The number of carboxylic acids is 1. The number of nitrogens with zero attached hydrogens (tertiary/aromatic N) is 3. The number of hydrogen-bond donors (Lipinski definition) is 2. The molecular formula is C27H32N4O3. The molecule has 7 nitrogen and oxygen atoms in total. The molecule has 0 unspecified atom stereocenters. The first-order valence-electron chi connectivity index (χ1n) is 11.9. The van der Waals surface area contributed by atoms with Gasteiger partial charge in [0.25, 0.3) is 0 Å². The minimum atomic E-state index is -0.710. The van der Waals surface area contributed by atoms with Crippen molar-refractivity contribution in [2.75, 3.05) is 13.1 Å². The highest BCUT2D eigenvalue weighted by molar-refractivity contribution is 5.86. The standard InChI is InChI=1S/C27H32N4O3/c1-4-23-19(14-31-15-22(16-31)27(32)33)6-5-7-24(23)21-12-29-26(30-13-21)18-8-9-25(34-17(2)3)20(10-18)11-28/h5-7,10-13,17,22,28H,4,8-9,14-16H2,1-3H3,(H,32,33). The van der Waals surface area contributed by atoms with Crippen molar-refractivity contribution in [3.8, 4) is 11.1 Å². The van der Waals surface area contributed by atoms with E-state index in [1.807, 2.05) is 38.4 Å². The van der Waals surface area contributed by atoms with Crippen LogP contribution in [0.5, 0.6) is 0 Å². The Bertz CT molecular complexity index is 1130. The normalized spacial score (nSPS) is 16.9. The molecule has 34 heavy (non-hydrogen) atoms. The van der Waals surface area contributed by atoms with Crippen LogP contribution in [0, 0.1) is 11.3 Å². The lowest BCUT2D eigenvalue weighted by Crippen LogP contribution is -2.49. The summed E-state index contributed by atoms with van der Waals surface area (Å²) in [5.74, 6) is 0.574. The van der Waals surface area contributed by atoms with E-state index in [4.69, 9.17) is 15.3 Å². The van der Waals surface area contributed by atoms with E-state index in [1.54, 1.807) is 0 Å². The minimum Gasteiger partial charge on any atom is -0.495 e. The van der Waals surface area contributed by atoms with Crippen LogP contribution in [0.3, 0.4) is 0 Å². The summed E-state index contributed by atoms with van der Waals surface area (Å²) >= 11 is 0. The second-order valence-electron chi connectivity index (χ2n) is 9.18. The fourth-order valence-corrected chi connectivity index (χ4v) is 4.64. The maximum Gasteiger partial charge on any atom is 0.309 e. The van der Waals surface area contributed by atoms with Crippen LogP contribution in [0.1, 0.15) is 50.6 Å². The summed E-state index contributed by atoms with van der Waals surface area (Å²) in [4.78, 5) is 22.6. The average molecular weight is 461 g/mol.